The summed E-state index contributed by atoms with van der Waals surface area (Å²) in [7, 11) is -3.26. The van der Waals surface area contributed by atoms with Crippen LogP contribution in [0.3, 0.4) is 0 Å². The zero-order chi connectivity index (χ0) is 12.3. The fraction of sp³-hybridized carbons (Fsp3) is 1.00. The van der Waals surface area contributed by atoms with Crippen LogP contribution in [0.5, 0.6) is 0 Å². The molecule has 1 fully saturated rings. The summed E-state index contributed by atoms with van der Waals surface area (Å²) in [6, 6.07) is 0.0666. The van der Waals surface area contributed by atoms with Gasteiger partial charge < -0.3 is 5.73 Å². The molecular formula is C10H23N3O2S. The number of rotatable bonds is 5. The minimum atomic E-state index is -3.26. The van der Waals surface area contributed by atoms with E-state index in [2.05, 4.69) is 0 Å². The zero-order valence-electron chi connectivity index (χ0n) is 10.4. The van der Waals surface area contributed by atoms with Crippen molar-refractivity contribution in [2.45, 2.75) is 33.2 Å². The number of hydrogen-bond donors (Lipinski definition) is 1. The van der Waals surface area contributed by atoms with Crippen molar-refractivity contribution >= 4 is 10.2 Å². The minimum absolute atomic E-state index is 0.0666. The van der Waals surface area contributed by atoms with E-state index in [1.54, 1.807) is 4.31 Å². The zero-order valence-corrected chi connectivity index (χ0v) is 11.2. The molecule has 16 heavy (non-hydrogen) atoms. The van der Waals surface area contributed by atoms with Crippen molar-refractivity contribution in [1.82, 2.24) is 8.61 Å². The van der Waals surface area contributed by atoms with Crippen molar-refractivity contribution < 1.29 is 8.42 Å². The van der Waals surface area contributed by atoms with E-state index in [9.17, 15) is 8.42 Å². The van der Waals surface area contributed by atoms with Gasteiger partial charge in [0.05, 0.1) is 0 Å². The van der Waals surface area contributed by atoms with Crippen LogP contribution in [-0.2, 0) is 10.2 Å². The Balaban J connectivity index is 2.72. The van der Waals surface area contributed by atoms with Crippen LogP contribution in [0.1, 0.15) is 27.2 Å². The predicted molar refractivity (Wildman–Crippen MR) is 65.2 cm³/mol. The highest BCUT2D eigenvalue weighted by atomic mass is 32.2. The SMILES string of the molecule is CCN(CC)S(=O)(=O)N1CCC(C(C)N)C1. The van der Waals surface area contributed by atoms with Crippen LogP contribution in [0, 0.1) is 5.92 Å². The molecule has 1 aliphatic heterocycles. The summed E-state index contributed by atoms with van der Waals surface area (Å²) in [5.74, 6) is 0.297. The van der Waals surface area contributed by atoms with Crippen LogP contribution in [0.4, 0.5) is 0 Å². The summed E-state index contributed by atoms with van der Waals surface area (Å²) in [6.07, 6.45) is 0.873. The quantitative estimate of drug-likeness (QED) is 0.759. The van der Waals surface area contributed by atoms with E-state index < -0.39 is 10.2 Å². The Morgan fingerprint density at radius 1 is 1.44 bits per heavy atom. The molecule has 96 valence electrons. The fourth-order valence-corrected chi connectivity index (χ4v) is 3.80. The Morgan fingerprint density at radius 2 is 2.00 bits per heavy atom. The highest BCUT2D eigenvalue weighted by Crippen LogP contribution is 2.23. The molecular weight excluding hydrogens is 226 g/mol. The highest BCUT2D eigenvalue weighted by Gasteiger charge is 2.35. The Bertz CT molecular complexity index is 312. The Hall–Kier alpha value is -0.170. The molecule has 2 atom stereocenters. The Morgan fingerprint density at radius 3 is 2.38 bits per heavy atom. The van der Waals surface area contributed by atoms with Crippen molar-refractivity contribution in [1.29, 1.82) is 0 Å². The minimum Gasteiger partial charge on any atom is -0.328 e. The maximum Gasteiger partial charge on any atom is 0.281 e. The second-order valence-electron chi connectivity index (χ2n) is 4.36. The van der Waals surface area contributed by atoms with Crippen LogP contribution in [-0.4, -0.2) is 49.2 Å². The molecule has 0 saturated carbocycles. The third kappa shape index (κ3) is 2.74. The number of nitrogens with two attached hydrogens (primary N) is 1. The molecule has 0 aromatic carbocycles. The summed E-state index contributed by atoms with van der Waals surface area (Å²) < 4.78 is 27.4. The summed E-state index contributed by atoms with van der Waals surface area (Å²) in [5.41, 5.74) is 5.81. The molecule has 0 aliphatic carbocycles. The first-order chi connectivity index (χ1) is 7.43. The summed E-state index contributed by atoms with van der Waals surface area (Å²) in [4.78, 5) is 0. The fourth-order valence-electron chi connectivity index (χ4n) is 2.11. The van der Waals surface area contributed by atoms with E-state index in [0.29, 0.717) is 32.1 Å². The van der Waals surface area contributed by atoms with Crippen molar-refractivity contribution in [3.63, 3.8) is 0 Å². The molecule has 0 amide bonds. The van der Waals surface area contributed by atoms with Crippen LogP contribution in [0.25, 0.3) is 0 Å². The largest absolute Gasteiger partial charge is 0.328 e. The first-order valence-corrected chi connectivity index (χ1v) is 7.34. The Labute approximate surface area is 98.8 Å². The van der Waals surface area contributed by atoms with E-state index in [1.165, 1.54) is 4.31 Å². The summed E-state index contributed by atoms with van der Waals surface area (Å²) in [6.45, 7) is 7.89. The molecule has 2 N–H and O–H groups in total. The van der Waals surface area contributed by atoms with E-state index >= 15 is 0 Å². The van der Waals surface area contributed by atoms with Gasteiger partial charge in [-0.15, -0.1) is 0 Å². The molecule has 0 aromatic heterocycles. The molecule has 1 aliphatic rings. The highest BCUT2D eigenvalue weighted by molar-refractivity contribution is 7.86. The number of nitrogens with zero attached hydrogens (tertiary/aromatic N) is 2. The van der Waals surface area contributed by atoms with Gasteiger partial charge in [-0.1, -0.05) is 13.8 Å². The molecule has 2 unspecified atom stereocenters. The van der Waals surface area contributed by atoms with Crippen molar-refractivity contribution in [3.05, 3.63) is 0 Å². The lowest BCUT2D eigenvalue weighted by Gasteiger charge is -2.25. The van der Waals surface area contributed by atoms with Crippen LogP contribution in [0.15, 0.2) is 0 Å². The summed E-state index contributed by atoms with van der Waals surface area (Å²) in [5, 5.41) is 0. The van der Waals surface area contributed by atoms with Crippen molar-refractivity contribution in [3.8, 4) is 0 Å². The average molecular weight is 249 g/mol. The maximum absolute atomic E-state index is 12.2. The lowest BCUT2D eigenvalue weighted by atomic mass is 10.0. The van der Waals surface area contributed by atoms with E-state index in [1.807, 2.05) is 20.8 Å². The average Bonchev–Trinajstić information content (AvgIpc) is 2.68. The Kier molecular flexibility index (Phi) is 4.73. The van der Waals surface area contributed by atoms with Gasteiger partial charge in [-0.05, 0) is 19.3 Å². The molecule has 6 heteroatoms. The van der Waals surface area contributed by atoms with Gasteiger partial charge in [0.15, 0.2) is 0 Å². The second-order valence-corrected chi connectivity index (χ2v) is 6.29. The first-order valence-electron chi connectivity index (χ1n) is 5.94. The first kappa shape index (κ1) is 13.9. The van der Waals surface area contributed by atoms with Gasteiger partial charge in [0, 0.05) is 32.2 Å². The predicted octanol–water partition coefficient (Wildman–Crippen LogP) is 0.242. The topological polar surface area (TPSA) is 66.6 Å². The smallest absolute Gasteiger partial charge is 0.281 e. The van der Waals surface area contributed by atoms with Gasteiger partial charge in [-0.25, -0.2) is 0 Å². The molecule has 0 spiro atoms. The van der Waals surface area contributed by atoms with Gasteiger partial charge in [0.25, 0.3) is 10.2 Å². The molecule has 1 rings (SSSR count). The van der Waals surface area contributed by atoms with E-state index in [4.69, 9.17) is 5.73 Å². The maximum atomic E-state index is 12.2. The lowest BCUT2D eigenvalue weighted by molar-refractivity contribution is 0.367. The molecule has 1 heterocycles. The van der Waals surface area contributed by atoms with E-state index in [-0.39, 0.29) is 6.04 Å². The lowest BCUT2D eigenvalue weighted by Crippen LogP contribution is -2.43. The molecule has 1 saturated heterocycles. The summed E-state index contributed by atoms with van der Waals surface area (Å²) >= 11 is 0. The molecule has 0 aromatic rings. The second kappa shape index (κ2) is 5.44. The number of hydrogen-bond acceptors (Lipinski definition) is 3. The van der Waals surface area contributed by atoms with Gasteiger partial charge in [0.2, 0.25) is 0 Å². The standard InChI is InChI=1S/C10H23N3O2S/c1-4-12(5-2)16(14,15)13-7-6-10(8-13)9(3)11/h9-10H,4-8,11H2,1-3H3. The van der Waals surface area contributed by atoms with Crippen molar-refractivity contribution in [2.24, 2.45) is 11.7 Å². The van der Waals surface area contributed by atoms with E-state index in [0.717, 1.165) is 6.42 Å². The van der Waals surface area contributed by atoms with Gasteiger partial charge in [-0.2, -0.15) is 17.0 Å². The normalized spacial score (nSPS) is 25.2. The van der Waals surface area contributed by atoms with Gasteiger partial charge in [0.1, 0.15) is 0 Å². The third-order valence-electron chi connectivity index (χ3n) is 3.29. The van der Waals surface area contributed by atoms with Crippen molar-refractivity contribution in [2.75, 3.05) is 26.2 Å². The molecule has 0 radical (unpaired) electrons. The monoisotopic (exact) mass is 249 g/mol. The van der Waals surface area contributed by atoms with Gasteiger partial charge >= 0.3 is 0 Å². The third-order valence-corrected chi connectivity index (χ3v) is 5.44. The van der Waals surface area contributed by atoms with Crippen LogP contribution < -0.4 is 5.73 Å². The molecule has 5 nitrogen and oxygen atoms in total. The van der Waals surface area contributed by atoms with Gasteiger partial charge in [-0.3, -0.25) is 0 Å². The molecule has 0 bridgehead atoms. The van der Waals surface area contributed by atoms with Crippen LogP contribution in [0.2, 0.25) is 0 Å². The van der Waals surface area contributed by atoms with Crippen LogP contribution >= 0.6 is 0 Å².